The van der Waals surface area contributed by atoms with Crippen molar-refractivity contribution in [2.45, 2.75) is 58.7 Å². The summed E-state index contributed by atoms with van der Waals surface area (Å²) >= 11 is 7.68. The first kappa shape index (κ1) is 29.9. The highest BCUT2D eigenvalue weighted by atomic mass is 35.5. The normalized spacial score (nSPS) is 16.3. The van der Waals surface area contributed by atoms with E-state index in [4.69, 9.17) is 25.8 Å². The number of piperidine rings is 1. The molecule has 8 nitrogen and oxygen atoms in total. The van der Waals surface area contributed by atoms with Crippen molar-refractivity contribution in [1.82, 2.24) is 14.5 Å². The zero-order valence-electron chi connectivity index (χ0n) is 24.6. The molecular weight excluding hydrogens is 574 g/mol. The molecule has 1 aliphatic heterocycles. The van der Waals surface area contributed by atoms with Crippen LogP contribution in [0.5, 0.6) is 5.75 Å². The highest BCUT2D eigenvalue weighted by Gasteiger charge is 2.28. The molecule has 3 heterocycles. The molecule has 222 valence electrons. The number of hydrogen-bond acceptors (Lipinski definition) is 7. The first-order valence-corrected chi connectivity index (χ1v) is 15.3. The fourth-order valence-corrected chi connectivity index (χ4v) is 6.56. The van der Waals surface area contributed by atoms with E-state index >= 15 is 0 Å². The number of methoxy groups -OCH3 is 1. The van der Waals surface area contributed by atoms with Crippen molar-refractivity contribution >= 4 is 46.0 Å². The molecule has 1 fully saturated rings. The van der Waals surface area contributed by atoms with Gasteiger partial charge >= 0.3 is 12.1 Å². The van der Waals surface area contributed by atoms with Gasteiger partial charge in [-0.2, -0.15) is 0 Å². The first-order valence-electron chi connectivity index (χ1n) is 14.1. The summed E-state index contributed by atoms with van der Waals surface area (Å²) in [6.07, 6.45) is 3.96. The van der Waals surface area contributed by atoms with Gasteiger partial charge in [-0.1, -0.05) is 35.9 Å². The Hall–Kier alpha value is -3.56. The number of benzene rings is 2. The largest absolute Gasteiger partial charge is 0.484 e. The number of halogens is 1. The third kappa shape index (κ3) is 6.73. The number of rotatable bonds is 7. The van der Waals surface area contributed by atoms with Crippen LogP contribution in [0.2, 0.25) is 5.02 Å². The van der Waals surface area contributed by atoms with Gasteiger partial charge in [0.25, 0.3) is 0 Å². The second kappa shape index (κ2) is 12.4. The molecule has 0 radical (unpaired) electrons. The summed E-state index contributed by atoms with van der Waals surface area (Å²) in [5.74, 6) is 0.292. The molecule has 1 amide bonds. The molecule has 5 rings (SSSR count). The molecule has 1 aliphatic rings. The van der Waals surface area contributed by atoms with E-state index in [-0.39, 0.29) is 12.2 Å². The Labute approximate surface area is 255 Å². The van der Waals surface area contributed by atoms with Crippen molar-refractivity contribution in [3.8, 4) is 10.8 Å². The van der Waals surface area contributed by atoms with E-state index in [1.54, 1.807) is 6.33 Å². The van der Waals surface area contributed by atoms with Gasteiger partial charge in [0, 0.05) is 29.7 Å². The van der Waals surface area contributed by atoms with Gasteiger partial charge in [0.15, 0.2) is 4.88 Å². The van der Waals surface area contributed by atoms with Gasteiger partial charge in [0.05, 0.1) is 18.1 Å². The van der Waals surface area contributed by atoms with Crippen molar-refractivity contribution in [3.63, 3.8) is 0 Å². The van der Waals surface area contributed by atoms with E-state index in [1.165, 1.54) is 18.4 Å². The van der Waals surface area contributed by atoms with Crippen molar-refractivity contribution in [2.24, 2.45) is 5.92 Å². The summed E-state index contributed by atoms with van der Waals surface area (Å²) in [5.41, 5.74) is 3.25. The van der Waals surface area contributed by atoms with Crippen LogP contribution < -0.4 is 4.74 Å². The molecule has 2 aromatic carbocycles. The van der Waals surface area contributed by atoms with Gasteiger partial charge in [-0.3, -0.25) is 4.57 Å². The monoisotopic (exact) mass is 609 g/mol. The van der Waals surface area contributed by atoms with Gasteiger partial charge in [0.1, 0.15) is 28.8 Å². The van der Waals surface area contributed by atoms with Crippen molar-refractivity contribution < 1.29 is 23.8 Å². The lowest BCUT2D eigenvalue weighted by Gasteiger charge is -2.34. The van der Waals surface area contributed by atoms with Gasteiger partial charge in [-0.05, 0) is 76.6 Å². The zero-order valence-corrected chi connectivity index (χ0v) is 26.1. The van der Waals surface area contributed by atoms with Crippen LogP contribution >= 0.6 is 22.9 Å². The number of carbonyl (C=O) groups excluding carboxylic acids is 2. The van der Waals surface area contributed by atoms with Gasteiger partial charge in [0.2, 0.25) is 0 Å². The number of nitrogens with zero attached hydrogens (tertiary/aromatic N) is 3. The van der Waals surface area contributed by atoms with E-state index in [2.05, 4.69) is 17.1 Å². The molecule has 1 saturated heterocycles. The second-order valence-corrected chi connectivity index (χ2v) is 13.1. The zero-order chi connectivity index (χ0) is 30.0. The quantitative estimate of drug-likeness (QED) is 0.198. The minimum atomic E-state index is -0.513. The molecule has 2 aromatic heterocycles. The predicted octanol–water partition coefficient (Wildman–Crippen LogP) is 7.86. The number of carbonyl (C=O) groups is 2. The third-order valence-electron chi connectivity index (χ3n) is 7.25. The smallest absolute Gasteiger partial charge is 0.410 e. The number of hydrogen-bond donors (Lipinski definition) is 0. The van der Waals surface area contributed by atoms with Crippen LogP contribution in [0.25, 0.3) is 16.0 Å². The Bertz CT molecular complexity index is 1590. The van der Waals surface area contributed by atoms with Crippen molar-refractivity contribution in [1.29, 1.82) is 0 Å². The van der Waals surface area contributed by atoms with Crippen LogP contribution in [-0.2, 0) is 15.9 Å². The van der Waals surface area contributed by atoms with Gasteiger partial charge in [-0.15, -0.1) is 11.3 Å². The first-order chi connectivity index (χ1) is 20.0. The molecule has 0 spiro atoms. The Morgan fingerprint density at radius 3 is 2.69 bits per heavy atom. The molecule has 0 saturated carbocycles. The lowest BCUT2D eigenvalue weighted by atomic mass is 9.91. The molecule has 4 aromatic rings. The van der Waals surface area contributed by atoms with E-state index in [9.17, 15) is 9.59 Å². The number of aromatic nitrogens is 2. The van der Waals surface area contributed by atoms with Crippen molar-refractivity contribution in [2.75, 3.05) is 20.2 Å². The Balaban J connectivity index is 1.39. The lowest BCUT2D eigenvalue weighted by Crippen LogP contribution is -2.43. The molecule has 0 aliphatic carbocycles. The summed E-state index contributed by atoms with van der Waals surface area (Å²) in [6.45, 7) is 8.96. The van der Waals surface area contributed by atoms with Crippen molar-refractivity contribution in [3.05, 3.63) is 75.9 Å². The molecular formula is C32H36ClN3O5S. The van der Waals surface area contributed by atoms with E-state index in [0.717, 1.165) is 53.0 Å². The maximum atomic E-state index is 12.7. The van der Waals surface area contributed by atoms with Crippen LogP contribution in [0.15, 0.2) is 54.9 Å². The minimum absolute atomic E-state index is 0.248. The third-order valence-corrected chi connectivity index (χ3v) is 8.69. The topological polar surface area (TPSA) is 82.9 Å². The highest BCUT2D eigenvalue weighted by Crippen LogP contribution is 2.38. The van der Waals surface area contributed by atoms with Crippen LogP contribution in [0.3, 0.4) is 0 Å². The number of imidazole rings is 1. The number of esters is 1. The summed E-state index contributed by atoms with van der Waals surface area (Å²) < 4.78 is 18.9. The number of thiophene rings is 1. The van der Waals surface area contributed by atoms with Gasteiger partial charge < -0.3 is 19.1 Å². The molecule has 42 heavy (non-hydrogen) atoms. The fourth-order valence-electron chi connectivity index (χ4n) is 5.28. The Morgan fingerprint density at radius 1 is 1.17 bits per heavy atom. The maximum Gasteiger partial charge on any atom is 0.410 e. The molecule has 2 atom stereocenters. The number of ether oxygens (including phenoxy) is 3. The Kier molecular flexibility index (Phi) is 8.80. The standard InChI is InChI=1S/C32H36ClN3O5S/c1-20(23-10-6-7-11-24(23)33)40-27-17-28(42-29(27)30(37)39-5)36-19-34-25-13-12-21(16-26(25)36)15-22-9-8-14-35(18-22)31(38)41-32(2,3)4/h6-7,10-13,16-17,19-20,22H,8-9,14-15,18H2,1-5H3/t20-,22+/m1/s1. The average molecular weight is 610 g/mol. The SMILES string of the molecule is COC(=O)c1sc(-n2cnc3ccc(C[C@@H]4CCCN(C(=O)OC(C)(C)C)C4)cc32)cc1O[C@H](C)c1ccccc1Cl. The molecule has 10 heteroatoms. The average Bonchev–Trinajstić information content (AvgIpc) is 3.56. The molecule has 0 N–H and O–H groups in total. The van der Waals surface area contributed by atoms with Crippen LogP contribution in [0, 0.1) is 5.92 Å². The summed E-state index contributed by atoms with van der Waals surface area (Å²) in [6, 6.07) is 15.6. The number of amides is 1. The maximum absolute atomic E-state index is 12.7. The highest BCUT2D eigenvalue weighted by molar-refractivity contribution is 7.16. The molecule has 0 bridgehead atoms. The predicted molar refractivity (Wildman–Crippen MR) is 165 cm³/mol. The van der Waals surface area contributed by atoms with E-state index < -0.39 is 11.6 Å². The van der Waals surface area contributed by atoms with E-state index in [1.807, 2.05) is 73.6 Å². The van der Waals surface area contributed by atoms with Crippen LogP contribution in [-0.4, -0.2) is 52.3 Å². The van der Waals surface area contributed by atoms with Gasteiger partial charge in [-0.25, -0.2) is 14.6 Å². The number of fused-ring (bicyclic) bond motifs is 1. The molecule has 0 unspecified atom stereocenters. The van der Waals surface area contributed by atoms with Crippen LogP contribution in [0.4, 0.5) is 4.79 Å². The summed E-state index contributed by atoms with van der Waals surface area (Å²) in [7, 11) is 1.36. The summed E-state index contributed by atoms with van der Waals surface area (Å²) in [4.78, 5) is 32.2. The second-order valence-electron chi connectivity index (χ2n) is 11.6. The Morgan fingerprint density at radius 2 is 1.95 bits per heavy atom. The van der Waals surface area contributed by atoms with E-state index in [0.29, 0.717) is 28.1 Å². The minimum Gasteiger partial charge on any atom is -0.484 e. The number of likely N-dealkylation sites (tertiary alicyclic amines) is 1. The lowest BCUT2D eigenvalue weighted by molar-refractivity contribution is 0.0166. The fraction of sp³-hybridized carbons (Fsp3) is 0.406. The summed E-state index contributed by atoms with van der Waals surface area (Å²) in [5, 5.41) is 1.38. The van der Waals surface area contributed by atoms with Crippen LogP contribution in [0.1, 0.15) is 67.4 Å².